The van der Waals surface area contributed by atoms with Crippen molar-refractivity contribution in [3.63, 3.8) is 0 Å². The van der Waals surface area contributed by atoms with Gasteiger partial charge in [0, 0.05) is 6.54 Å². The highest BCUT2D eigenvalue weighted by atomic mass is 35.5. The molecule has 0 radical (unpaired) electrons. The van der Waals surface area contributed by atoms with Crippen LogP contribution in [-0.4, -0.2) is 26.4 Å². The molecule has 0 bridgehead atoms. The molecule has 1 atom stereocenters. The molecule has 0 aliphatic carbocycles. The summed E-state index contributed by atoms with van der Waals surface area (Å²) in [6, 6.07) is 10.7. The average molecular weight is 398 g/mol. The third-order valence-corrected chi connectivity index (χ3v) is 6.90. The molecule has 0 amide bonds. The van der Waals surface area contributed by atoms with Crippen LogP contribution < -0.4 is 4.74 Å². The summed E-state index contributed by atoms with van der Waals surface area (Å²) in [5.74, 6) is 0.0929. The molecule has 26 heavy (non-hydrogen) atoms. The average Bonchev–Trinajstić information content (AvgIpc) is 2.90. The largest absolute Gasteiger partial charge is 0.497 e. The van der Waals surface area contributed by atoms with Gasteiger partial charge in [0.2, 0.25) is 10.0 Å². The second-order valence-electron chi connectivity index (χ2n) is 6.33. The number of hydrogen-bond acceptors (Lipinski definition) is 3. The van der Waals surface area contributed by atoms with E-state index in [4.69, 9.17) is 16.3 Å². The van der Waals surface area contributed by atoms with Gasteiger partial charge in [0.15, 0.2) is 0 Å². The summed E-state index contributed by atoms with van der Waals surface area (Å²) in [5, 5.41) is -0.193. The van der Waals surface area contributed by atoms with Gasteiger partial charge >= 0.3 is 0 Å². The van der Waals surface area contributed by atoms with Crippen molar-refractivity contribution < 1.29 is 17.5 Å². The van der Waals surface area contributed by atoms with Crippen LogP contribution in [-0.2, 0) is 10.0 Å². The third kappa shape index (κ3) is 3.87. The van der Waals surface area contributed by atoms with Crippen LogP contribution in [0.2, 0.25) is 5.02 Å². The highest BCUT2D eigenvalue weighted by Gasteiger charge is 2.33. The second-order valence-corrected chi connectivity index (χ2v) is 8.63. The van der Waals surface area contributed by atoms with Gasteiger partial charge in [-0.2, -0.15) is 4.31 Å². The van der Waals surface area contributed by atoms with E-state index in [2.05, 4.69) is 0 Å². The zero-order valence-electron chi connectivity index (χ0n) is 14.5. The maximum Gasteiger partial charge on any atom is 0.243 e. The molecule has 140 valence electrons. The fourth-order valence-electron chi connectivity index (χ4n) is 3.30. The van der Waals surface area contributed by atoms with Gasteiger partial charge < -0.3 is 4.74 Å². The van der Waals surface area contributed by atoms with Crippen molar-refractivity contribution in [3.8, 4) is 5.75 Å². The van der Waals surface area contributed by atoms with E-state index in [-0.39, 0.29) is 16.0 Å². The van der Waals surface area contributed by atoms with Gasteiger partial charge in [-0.15, -0.1) is 0 Å². The third-order valence-electron chi connectivity index (χ3n) is 4.70. The Labute approximate surface area is 158 Å². The summed E-state index contributed by atoms with van der Waals surface area (Å²) in [5.41, 5.74) is 0.921. The molecule has 3 rings (SSSR count). The minimum atomic E-state index is -3.79. The molecule has 0 spiro atoms. The van der Waals surface area contributed by atoms with Crippen LogP contribution in [0.25, 0.3) is 0 Å². The minimum absolute atomic E-state index is 0.0179. The standard InChI is InChI=1S/C19H21ClFNO3S/c1-25-15-8-6-14(7-9-15)19-5-3-2-4-12-22(19)26(23,24)16-10-11-18(21)17(20)13-16/h6-11,13,19H,2-5,12H2,1H3. The van der Waals surface area contributed by atoms with Gasteiger partial charge in [0.1, 0.15) is 11.6 Å². The summed E-state index contributed by atoms with van der Waals surface area (Å²) in [6.07, 6.45) is 3.46. The quantitative estimate of drug-likeness (QED) is 0.744. The van der Waals surface area contributed by atoms with Crippen molar-refractivity contribution in [2.24, 2.45) is 0 Å². The number of benzene rings is 2. The van der Waals surface area contributed by atoms with E-state index in [0.29, 0.717) is 6.54 Å². The van der Waals surface area contributed by atoms with Crippen molar-refractivity contribution in [2.75, 3.05) is 13.7 Å². The first-order valence-electron chi connectivity index (χ1n) is 8.54. The Bertz CT molecular complexity index is 871. The Morgan fingerprint density at radius 2 is 1.85 bits per heavy atom. The van der Waals surface area contributed by atoms with Crippen LogP contribution in [0, 0.1) is 5.82 Å². The second kappa shape index (κ2) is 7.94. The Hall–Kier alpha value is -1.63. The molecule has 0 aromatic heterocycles. The molecular formula is C19H21ClFNO3S. The molecule has 1 saturated heterocycles. The van der Waals surface area contributed by atoms with Gasteiger partial charge in [0.05, 0.1) is 23.1 Å². The van der Waals surface area contributed by atoms with Crippen LogP contribution in [0.15, 0.2) is 47.4 Å². The van der Waals surface area contributed by atoms with E-state index in [9.17, 15) is 12.8 Å². The molecular weight excluding hydrogens is 377 g/mol. The number of hydrogen-bond donors (Lipinski definition) is 0. The summed E-state index contributed by atoms with van der Waals surface area (Å²) >= 11 is 5.81. The van der Waals surface area contributed by atoms with Crippen molar-refractivity contribution >= 4 is 21.6 Å². The van der Waals surface area contributed by atoms with Crippen LogP contribution in [0.3, 0.4) is 0 Å². The lowest BCUT2D eigenvalue weighted by atomic mass is 10.0. The van der Waals surface area contributed by atoms with Gasteiger partial charge in [0.25, 0.3) is 0 Å². The molecule has 1 fully saturated rings. The summed E-state index contributed by atoms with van der Waals surface area (Å²) in [4.78, 5) is 0.0179. The molecule has 0 saturated carbocycles. The number of halogens is 2. The first-order valence-corrected chi connectivity index (χ1v) is 10.4. The zero-order valence-corrected chi connectivity index (χ0v) is 16.1. The molecule has 1 aliphatic heterocycles. The lowest BCUT2D eigenvalue weighted by molar-refractivity contribution is 0.328. The molecule has 1 unspecified atom stereocenters. The van der Waals surface area contributed by atoms with Crippen LogP contribution in [0.1, 0.15) is 37.3 Å². The predicted molar refractivity (Wildman–Crippen MR) is 99.5 cm³/mol. The van der Waals surface area contributed by atoms with E-state index in [1.54, 1.807) is 7.11 Å². The first kappa shape index (κ1) is 19.1. The van der Waals surface area contributed by atoms with Crippen molar-refractivity contribution in [2.45, 2.75) is 36.6 Å². The maximum atomic E-state index is 13.5. The van der Waals surface area contributed by atoms with Gasteiger partial charge in [-0.1, -0.05) is 36.6 Å². The molecule has 2 aromatic carbocycles. The smallest absolute Gasteiger partial charge is 0.243 e. The van der Waals surface area contributed by atoms with E-state index >= 15 is 0 Å². The Balaban J connectivity index is 2.00. The molecule has 1 aliphatic rings. The molecule has 2 aromatic rings. The van der Waals surface area contributed by atoms with Gasteiger partial charge in [-0.3, -0.25) is 0 Å². The van der Waals surface area contributed by atoms with Crippen LogP contribution in [0.5, 0.6) is 5.75 Å². The highest BCUT2D eigenvalue weighted by molar-refractivity contribution is 7.89. The lowest BCUT2D eigenvalue weighted by Crippen LogP contribution is -2.34. The number of nitrogens with zero attached hydrogens (tertiary/aromatic N) is 1. The number of ether oxygens (including phenoxy) is 1. The summed E-state index contributed by atoms with van der Waals surface area (Å²) < 4.78 is 46.6. The maximum absolute atomic E-state index is 13.5. The number of methoxy groups -OCH3 is 1. The lowest BCUT2D eigenvalue weighted by Gasteiger charge is -2.29. The van der Waals surface area contributed by atoms with Gasteiger partial charge in [-0.25, -0.2) is 12.8 Å². The van der Waals surface area contributed by atoms with Crippen molar-refractivity contribution in [3.05, 3.63) is 58.9 Å². The predicted octanol–water partition coefficient (Wildman–Crippen LogP) is 4.79. The Morgan fingerprint density at radius 1 is 1.12 bits per heavy atom. The van der Waals surface area contributed by atoms with E-state index < -0.39 is 15.8 Å². The molecule has 4 nitrogen and oxygen atoms in total. The first-order chi connectivity index (χ1) is 12.4. The Kier molecular flexibility index (Phi) is 5.85. The molecule has 0 N–H and O–H groups in total. The fourth-order valence-corrected chi connectivity index (χ4v) is 5.26. The normalized spacial score (nSPS) is 19.1. The summed E-state index contributed by atoms with van der Waals surface area (Å²) in [7, 11) is -2.19. The van der Waals surface area contributed by atoms with E-state index in [0.717, 1.165) is 43.1 Å². The molecule has 7 heteroatoms. The van der Waals surface area contributed by atoms with E-state index in [1.165, 1.54) is 16.4 Å². The Morgan fingerprint density at radius 3 is 2.50 bits per heavy atom. The van der Waals surface area contributed by atoms with E-state index in [1.807, 2.05) is 24.3 Å². The van der Waals surface area contributed by atoms with Crippen molar-refractivity contribution in [1.29, 1.82) is 0 Å². The number of sulfonamides is 1. The minimum Gasteiger partial charge on any atom is -0.497 e. The monoisotopic (exact) mass is 397 g/mol. The fraction of sp³-hybridized carbons (Fsp3) is 0.368. The molecule has 1 heterocycles. The topological polar surface area (TPSA) is 46.6 Å². The van der Waals surface area contributed by atoms with Gasteiger partial charge in [-0.05, 0) is 48.7 Å². The highest BCUT2D eigenvalue weighted by Crippen LogP contribution is 2.36. The van der Waals surface area contributed by atoms with Crippen molar-refractivity contribution in [1.82, 2.24) is 4.31 Å². The summed E-state index contributed by atoms with van der Waals surface area (Å²) in [6.45, 7) is 0.425. The SMILES string of the molecule is COc1ccc(C2CCCCCN2S(=O)(=O)c2ccc(F)c(Cl)c2)cc1. The van der Waals surface area contributed by atoms with Crippen LogP contribution >= 0.6 is 11.6 Å². The zero-order chi connectivity index (χ0) is 18.7. The number of rotatable bonds is 4. The van der Waals surface area contributed by atoms with Crippen LogP contribution in [0.4, 0.5) is 4.39 Å².